The molecule has 0 aromatic rings. The predicted octanol–water partition coefficient (Wildman–Crippen LogP) is 5.70. The molecule has 0 rings (SSSR count). The molecular weight excluding hydrogens is 466 g/mol. The van der Waals surface area contributed by atoms with E-state index in [0.717, 1.165) is 32.1 Å². The van der Waals surface area contributed by atoms with Crippen molar-refractivity contribution < 1.29 is 38.5 Å². The lowest BCUT2D eigenvalue weighted by Gasteiger charge is -2.38. The fourth-order valence-corrected chi connectivity index (χ4v) is 4.68. The molecule has 0 spiro atoms. The molecule has 0 aromatic carbocycles. The minimum atomic E-state index is -2.61. The van der Waals surface area contributed by atoms with Gasteiger partial charge < -0.3 is 38.5 Å². The van der Waals surface area contributed by atoms with E-state index in [2.05, 4.69) is 13.8 Å². The van der Waals surface area contributed by atoms with Crippen molar-refractivity contribution in [1.82, 2.24) is 0 Å². The van der Waals surface area contributed by atoms with Crippen LogP contribution in [0.25, 0.3) is 0 Å². The molecule has 0 amide bonds. The van der Waals surface area contributed by atoms with E-state index in [0.29, 0.717) is 13.0 Å². The first-order valence-electron chi connectivity index (χ1n) is 12.8. The monoisotopic (exact) mass is 516 g/mol. The van der Waals surface area contributed by atoms with Crippen LogP contribution in [0.3, 0.4) is 0 Å². The average Bonchev–Trinajstić information content (AvgIpc) is 2.79. The van der Waals surface area contributed by atoms with Gasteiger partial charge in [-0.05, 0) is 12.8 Å². The second-order valence-electron chi connectivity index (χ2n) is 8.96. The normalized spacial score (nSPS) is 13.4. The average molecular weight is 517 g/mol. The third-order valence-electron chi connectivity index (χ3n) is 6.07. The molecule has 33 heavy (non-hydrogen) atoms. The van der Waals surface area contributed by atoms with Crippen LogP contribution in [0.15, 0.2) is 0 Å². The van der Waals surface area contributed by atoms with Gasteiger partial charge in [0.05, 0.1) is 31.3 Å². The quantitative estimate of drug-likeness (QED) is 0.0772. The zero-order valence-electron chi connectivity index (χ0n) is 20.9. The molecule has 0 saturated carbocycles. The van der Waals surface area contributed by atoms with E-state index in [1.54, 1.807) is 0 Å². The van der Waals surface area contributed by atoms with E-state index in [9.17, 15) is 24.7 Å². The summed E-state index contributed by atoms with van der Waals surface area (Å²) >= 11 is 0. The second-order valence-corrected chi connectivity index (χ2v) is 10.5. The first kappa shape index (κ1) is 33.5. The summed E-state index contributed by atoms with van der Waals surface area (Å²) in [7, 11) is -5.23. The fraction of sp³-hybridized carbons (Fsp3) is 1.00. The molecule has 200 valence electrons. The van der Waals surface area contributed by atoms with Gasteiger partial charge in [-0.2, -0.15) is 0 Å². The molecule has 0 fully saturated rings. The van der Waals surface area contributed by atoms with Gasteiger partial charge >= 0.3 is 17.2 Å². The maximum atomic E-state index is 10.2. The highest BCUT2D eigenvalue weighted by Gasteiger charge is 2.41. The van der Waals surface area contributed by atoms with Crippen LogP contribution in [0.5, 0.6) is 0 Å². The van der Waals surface area contributed by atoms with Crippen LogP contribution in [0.4, 0.5) is 0 Å². The van der Waals surface area contributed by atoms with Crippen molar-refractivity contribution in [3.05, 3.63) is 0 Å². The van der Waals surface area contributed by atoms with Crippen molar-refractivity contribution in [3.63, 3.8) is 0 Å². The summed E-state index contributed by atoms with van der Waals surface area (Å²) in [5.74, 6) is 0. The van der Waals surface area contributed by atoms with E-state index in [1.165, 1.54) is 57.8 Å². The molecule has 0 saturated heterocycles. The SMILES string of the molecule is CCCCCCCCCOC(CCCCCCCCC)C(CO)(COP(O)O)COP(O)O. The molecule has 1 unspecified atom stereocenters. The Labute approximate surface area is 204 Å². The standard InChI is InChI=1S/C23H50O8P2/c1-3-5-7-9-11-13-15-17-22(29-18-16-14-12-10-8-6-4-2)23(19-24,20-30-32(25)26)21-31-33(27)28/h22,24-28H,3-21H2,1-2H3. The number of rotatable bonds is 25. The van der Waals surface area contributed by atoms with Crippen LogP contribution in [-0.4, -0.2) is 57.2 Å². The van der Waals surface area contributed by atoms with E-state index in [-0.39, 0.29) is 13.2 Å². The lowest BCUT2D eigenvalue weighted by atomic mass is 9.81. The topological polar surface area (TPSA) is 129 Å². The molecule has 10 heteroatoms. The Balaban J connectivity index is 4.91. The molecule has 0 bridgehead atoms. The Kier molecular flexibility index (Phi) is 23.3. The van der Waals surface area contributed by atoms with Crippen molar-refractivity contribution in [3.8, 4) is 0 Å². The van der Waals surface area contributed by atoms with Crippen molar-refractivity contribution in [1.29, 1.82) is 0 Å². The van der Waals surface area contributed by atoms with E-state index >= 15 is 0 Å². The number of hydrogen-bond acceptors (Lipinski definition) is 8. The van der Waals surface area contributed by atoms with Crippen molar-refractivity contribution >= 4 is 17.2 Å². The highest BCUT2D eigenvalue weighted by atomic mass is 31.2. The van der Waals surface area contributed by atoms with Gasteiger partial charge in [0.25, 0.3) is 0 Å². The summed E-state index contributed by atoms with van der Waals surface area (Å²) in [5.41, 5.74) is -1.11. The number of aliphatic hydroxyl groups excluding tert-OH is 1. The third kappa shape index (κ3) is 18.5. The van der Waals surface area contributed by atoms with Gasteiger partial charge in [-0.15, -0.1) is 0 Å². The van der Waals surface area contributed by atoms with E-state index in [1.807, 2.05) is 0 Å². The molecule has 0 aliphatic carbocycles. The van der Waals surface area contributed by atoms with E-state index in [4.69, 9.17) is 13.8 Å². The van der Waals surface area contributed by atoms with Gasteiger partial charge in [-0.3, -0.25) is 0 Å². The number of hydrogen-bond donors (Lipinski definition) is 5. The molecule has 0 heterocycles. The molecule has 5 N–H and O–H groups in total. The largest absolute Gasteiger partial charge is 0.396 e. The van der Waals surface area contributed by atoms with Gasteiger partial charge in [0, 0.05) is 6.61 Å². The highest BCUT2D eigenvalue weighted by molar-refractivity contribution is 7.39. The Hall–Kier alpha value is 0.540. The highest BCUT2D eigenvalue weighted by Crippen LogP contribution is 2.38. The fourth-order valence-electron chi connectivity index (χ4n) is 3.93. The summed E-state index contributed by atoms with van der Waals surface area (Å²) in [6, 6.07) is 0. The van der Waals surface area contributed by atoms with E-state index < -0.39 is 35.3 Å². The van der Waals surface area contributed by atoms with Gasteiger partial charge in [-0.1, -0.05) is 97.3 Å². The van der Waals surface area contributed by atoms with Crippen molar-refractivity contribution in [2.24, 2.45) is 5.41 Å². The first-order chi connectivity index (χ1) is 15.9. The minimum absolute atomic E-state index is 0.205. The molecule has 8 nitrogen and oxygen atoms in total. The number of ether oxygens (including phenoxy) is 1. The lowest BCUT2D eigenvalue weighted by Crippen LogP contribution is -2.47. The Bertz CT molecular complexity index is 404. The maximum Gasteiger partial charge on any atom is 0.327 e. The van der Waals surface area contributed by atoms with Gasteiger partial charge in [0.2, 0.25) is 0 Å². The molecule has 0 radical (unpaired) electrons. The third-order valence-corrected chi connectivity index (χ3v) is 6.79. The smallest absolute Gasteiger partial charge is 0.327 e. The second kappa shape index (κ2) is 23.0. The van der Waals surface area contributed by atoms with Crippen LogP contribution >= 0.6 is 17.2 Å². The zero-order chi connectivity index (χ0) is 24.8. The lowest BCUT2D eigenvalue weighted by molar-refractivity contribution is -0.111. The number of unbranched alkanes of at least 4 members (excludes halogenated alkanes) is 12. The minimum Gasteiger partial charge on any atom is -0.396 e. The Morgan fingerprint density at radius 3 is 1.48 bits per heavy atom. The summed E-state index contributed by atoms with van der Waals surface area (Å²) in [6.45, 7) is 4.12. The summed E-state index contributed by atoms with van der Waals surface area (Å²) < 4.78 is 16.3. The Morgan fingerprint density at radius 1 is 0.636 bits per heavy atom. The van der Waals surface area contributed by atoms with Gasteiger partial charge in [0.1, 0.15) is 0 Å². The van der Waals surface area contributed by atoms with Crippen LogP contribution in [0.2, 0.25) is 0 Å². The van der Waals surface area contributed by atoms with Crippen LogP contribution in [0, 0.1) is 5.41 Å². The number of aliphatic hydroxyl groups is 1. The van der Waals surface area contributed by atoms with Gasteiger partial charge in [0.15, 0.2) is 0 Å². The molecule has 0 aliphatic rings. The van der Waals surface area contributed by atoms with Crippen molar-refractivity contribution in [2.75, 3.05) is 26.4 Å². The molecular formula is C23H50O8P2. The first-order valence-corrected chi connectivity index (χ1v) is 15.1. The van der Waals surface area contributed by atoms with Gasteiger partial charge in [-0.25, -0.2) is 0 Å². The summed E-state index contributed by atoms with van der Waals surface area (Å²) in [6.07, 6.45) is 16.3. The Morgan fingerprint density at radius 2 is 1.06 bits per heavy atom. The van der Waals surface area contributed by atoms with Crippen molar-refractivity contribution in [2.45, 2.75) is 116 Å². The van der Waals surface area contributed by atoms with Crippen LogP contribution in [-0.2, 0) is 13.8 Å². The summed E-state index contributed by atoms with van der Waals surface area (Å²) in [5, 5.41) is 10.2. The van der Waals surface area contributed by atoms with Crippen LogP contribution in [0.1, 0.15) is 110 Å². The molecule has 0 aromatic heterocycles. The predicted molar refractivity (Wildman–Crippen MR) is 134 cm³/mol. The maximum absolute atomic E-state index is 10.2. The zero-order valence-corrected chi connectivity index (χ0v) is 22.7. The van der Waals surface area contributed by atoms with Crippen LogP contribution < -0.4 is 0 Å². The summed E-state index contributed by atoms with van der Waals surface area (Å²) in [4.78, 5) is 37.0. The molecule has 1 atom stereocenters. The molecule has 0 aliphatic heterocycles.